The number of nitrogens with zero attached hydrogens (tertiary/aromatic N) is 4. The Morgan fingerprint density at radius 2 is 2.00 bits per heavy atom. The van der Waals surface area contributed by atoms with Crippen LogP contribution in [0.15, 0.2) is 0 Å². The van der Waals surface area contributed by atoms with Crippen molar-refractivity contribution in [2.45, 2.75) is 46.6 Å². The number of hydrogen-bond donors (Lipinski definition) is 2. The molecule has 0 spiro atoms. The van der Waals surface area contributed by atoms with E-state index in [0.717, 1.165) is 25.9 Å². The smallest absolute Gasteiger partial charge is 0.353 e. The third-order valence-corrected chi connectivity index (χ3v) is 4.23. The summed E-state index contributed by atoms with van der Waals surface area (Å²) in [6.07, 6.45) is 2.01. The highest BCUT2D eigenvalue weighted by molar-refractivity contribution is 5.71. The molecule has 0 radical (unpaired) electrons. The van der Waals surface area contributed by atoms with E-state index in [4.69, 9.17) is 5.73 Å². The Morgan fingerprint density at radius 1 is 1.39 bits per heavy atom. The summed E-state index contributed by atoms with van der Waals surface area (Å²) in [6.45, 7) is 9.83. The van der Waals surface area contributed by atoms with Gasteiger partial charge in [0.25, 0.3) is 0 Å². The van der Waals surface area contributed by atoms with Gasteiger partial charge in [-0.2, -0.15) is 9.97 Å². The molecule has 2 heterocycles. The number of nitrogens with one attached hydrogen (secondary N) is 1. The summed E-state index contributed by atoms with van der Waals surface area (Å²) in [6, 6.07) is 0.169. The summed E-state index contributed by atoms with van der Waals surface area (Å²) >= 11 is 0. The Morgan fingerprint density at radius 3 is 2.52 bits per heavy atom. The van der Waals surface area contributed by atoms with Gasteiger partial charge in [0.2, 0.25) is 17.6 Å². The number of piperidine rings is 1. The monoisotopic (exact) mass is 322 g/mol. The molecule has 128 valence electrons. The van der Waals surface area contributed by atoms with E-state index < -0.39 is 4.92 Å². The second-order valence-electron chi connectivity index (χ2n) is 6.67. The van der Waals surface area contributed by atoms with Gasteiger partial charge in [0.1, 0.15) is 0 Å². The minimum absolute atomic E-state index is 0.0864. The molecule has 1 aromatic heterocycles. The van der Waals surface area contributed by atoms with Gasteiger partial charge in [-0.05, 0) is 31.6 Å². The van der Waals surface area contributed by atoms with Crippen LogP contribution in [0.5, 0.6) is 0 Å². The number of aromatic nitrogens is 2. The Kier molecular flexibility index (Phi) is 5.23. The Labute approximate surface area is 136 Å². The molecule has 8 nitrogen and oxygen atoms in total. The van der Waals surface area contributed by atoms with E-state index in [1.807, 2.05) is 18.7 Å². The highest BCUT2D eigenvalue weighted by atomic mass is 16.6. The molecule has 8 heteroatoms. The molecule has 3 atom stereocenters. The molecule has 0 bridgehead atoms. The van der Waals surface area contributed by atoms with Crippen LogP contribution in [0.2, 0.25) is 0 Å². The van der Waals surface area contributed by atoms with E-state index in [-0.39, 0.29) is 17.5 Å². The summed E-state index contributed by atoms with van der Waals surface area (Å²) in [5, 5.41) is 14.6. The fraction of sp³-hybridized carbons (Fsp3) is 0.733. The molecule has 0 amide bonds. The molecule has 0 aromatic carbocycles. The van der Waals surface area contributed by atoms with Crippen molar-refractivity contribution in [2.24, 2.45) is 11.8 Å². The molecule has 2 rings (SSSR count). The van der Waals surface area contributed by atoms with Gasteiger partial charge in [-0.1, -0.05) is 20.8 Å². The predicted molar refractivity (Wildman–Crippen MR) is 91.6 cm³/mol. The summed E-state index contributed by atoms with van der Waals surface area (Å²) < 4.78 is 0. The van der Waals surface area contributed by atoms with Gasteiger partial charge in [-0.25, -0.2) is 0 Å². The fourth-order valence-electron chi connectivity index (χ4n) is 3.08. The number of rotatable bonds is 5. The summed E-state index contributed by atoms with van der Waals surface area (Å²) in [5.74, 6) is 1.51. The van der Waals surface area contributed by atoms with Gasteiger partial charge in [-0.15, -0.1) is 0 Å². The lowest BCUT2D eigenvalue weighted by molar-refractivity contribution is -0.383. The van der Waals surface area contributed by atoms with E-state index in [1.54, 1.807) is 0 Å². The van der Waals surface area contributed by atoms with Crippen LogP contribution in [0.1, 0.15) is 40.5 Å². The van der Waals surface area contributed by atoms with Crippen molar-refractivity contribution in [1.82, 2.24) is 9.97 Å². The maximum absolute atomic E-state index is 11.4. The molecule has 1 aromatic rings. The van der Waals surface area contributed by atoms with E-state index in [9.17, 15) is 10.1 Å². The van der Waals surface area contributed by atoms with Gasteiger partial charge >= 0.3 is 5.69 Å². The number of nitrogen functional groups attached to an aromatic ring is 1. The van der Waals surface area contributed by atoms with Crippen LogP contribution >= 0.6 is 0 Å². The van der Waals surface area contributed by atoms with Crippen LogP contribution in [-0.4, -0.2) is 34.0 Å². The normalized spacial score (nSPS) is 22.7. The topological polar surface area (TPSA) is 110 Å². The quantitative estimate of drug-likeness (QED) is 0.633. The molecule has 3 unspecified atom stereocenters. The van der Waals surface area contributed by atoms with E-state index >= 15 is 0 Å². The number of nitro groups is 1. The van der Waals surface area contributed by atoms with Crippen LogP contribution in [0.25, 0.3) is 0 Å². The SMILES string of the molecule is CCC(C)Nc1nc(N)c([N+](=O)[O-])c(N2CC(C)CC(C)C2)n1. The molecule has 3 N–H and O–H groups in total. The van der Waals surface area contributed by atoms with Gasteiger partial charge < -0.3 is 16.0 Å². The number of hydrogen-bond acceptors (Lipinski definition) is 7. The molecule has 1 saturated heterocycles. The van der Waals surface area contributed by atoms with Gasteiger partial charge in [0, 0.05) is 19.1 Å². The van der Waals surface area contributed by atoms with Crippen LogP contribution in [0.3, 0.4) is 0 Å². The minimum Gasteiger partial charge on any atom is -0.378 e. The third kappa shape index (κ3) is 4.00. The molecule has 1 aliphatic rings. The largest absolute Gasteiger partial charge is 0.378 e. The molecule has 23 heavy (non-hydrogen) atoms. The number of anilines is 3. The van der Waals surface area contributed by atoms with Gasteiger partial charge in [-0.3, -0.25) is 10.1 Å². The molecule has 1 fully saturated rings. The van der Waals surface area contributed by atoms with Crippen LogP contribution in [0.4, 0.5) is 23.3 Å². The predicted octanol–water partition coefficient (Wildman–Crippen LogP) is 2.66. The molecular weight excluding hydrogens is 296 g/mol. The van der Waals surface area contributed by atoms with Crippen molar-refractivity contribution >= 4 is 23.3 Å². The summed E-state index contributed by atoms with van der Waals surface area (Å²) in [5.41, 5.74) is 5.66. The van der Waals surface area contributed by atoms with E-state index in [0.29, 0.717) is 23.6 Å². The molecule has 0 saturated carbocycles. The van der Waals surface area contributed by atoms with Crippen molar-refractivity contribution in [2.75, 3.05) is 29.0 Å². The van der Waals surface area contributed by atoms with Crippen LogP contribution in [-0.2, 0) is 0 Å². The highest BCUT2D eigenvalue weighted by Crippen LogP contribution is 2.35. The van der Waals surface area contributed by atoms with Gasteiger partial charge in [0.05, 0.1) is 4.92 Å². The average Bonchev–Trinajstić information content (AvgIpc) is 2.44. The summed E-state index contributed by atoms with van der Waals surface area (Å²) in [7, 11) is 0. The van der Waals surface area contributed by atoms with Crippen molar-refractivity contribution < 1.29 is 4.92 Å². The Balaban J connectivity index is 2.43. The lowest BCUT2D eigenvalue weighted by Crippen LogP contribution is -2.39. The van der Waals surface area contributed by atoms with Crippen molar-refractivity contribution in [3.05, 3.63) is 10.1 Å². The fourth-order valence-corrected chi connectivity index (χ4v) is 3.08. The maximum atomic E-state index is 11.4. The lowest BCUT2D eigenvalue weighted by atomic mass is 9.92. The highest BCUT2D eigenvalue weighted by Gasteiger charge is 2.31. The zero-order valence-electron chi connectivity index (χ0n) is 14.2. The van der Waals surface area contributed by atoms with E-state index in [2.05, 4.69) is 29.1 Å². The van der Waals surface area contributed by atoms with Crippen LogP contribution in [0, 0.1) is 22.0 Å². The Bertz CT molecular complexity index is 569. The van der Waals surface area contributed by atoms with Crippen molar-refractivity contribution in [3.8, 4) is 0 Å². The first-order valence-corrected chi connectivity index (χ1v) is 8.15. The second-order valence-corrected chi connectivity index (χ2v) is 6.67. The first-order chi connectivity index (χ1) is 10.8. The Hall–Kier alpha value is -2.12. The summed E-state index contributed by atoms with van der Waals surface area (Å²) in [4.78, 5) is 21.4. The zero-order chi connectivity index (χ0) is 17.1. The minimum atomic E-state index is -0.484. The standard InChI is InChI=1S/C15H26N6O2/c1-5-11(4)17-15-18-13(16)12(21(22)23)14(19-15)20-7-9(2)6-10(3)8-20/h9-11H,5-8H2,1-4H3,(H3,16,17,18,19). The number of nitrogens with two attached hydrogens (primary N) is 1. The van der Waals surface area contributed by atoms with Crippen molar-refractivity contribution in [1.29, 1.82) is 0 Å². The molecule has 0 aliphatic carbocycles. The first kappa shape index (κ1) is 17.2. The third-order valence-electron chi connectivity index (χ3n) is 4.23. The van der Waals surface area contributed by atoms with Gasteiger partial charge in [0.15, 0.2) is 0 Å². The van der Waals surface area contributed by atoms with Crippen LogP contribution < -0.4 is 16.0 Å². The van der Waals surface area contributed by atoms with Crippen molar-refractivity contribution in [3.63, 3.8) is 0 Å². The van der Waals surface area contributed by atoms with E-state index in [1.165, 1.54) is 0 Å². The molecular formula is C15H26N6O2. The zero-order valence-corrected chi connectivity index (χ0v) is 14.2. The lowest BCUT2D eigenvalue weighted by Gasteiger charge is -2.35. The first-order valence-electron chi connectivity index (χ1n) is 8.15. The second kappa shape index (κ2) is 6.97. The molecule has 1 aliphatic heterocycles. The average molecular weight is 322 g/mol. The maximum Gasteiger partial charge on any atom is 0.353 e.